The molecule has 0 saturated carbocycles. The van der Waals surface area contributed by atoms with E-state index in [1.807, 2.05) is 13.8 Å². The summed E-state index contributed by atoms with van der Waals surface area (Å²) in [4.78, 5) is 10.1. The van der Waals surface area contributed by atoms with Gasteiger partial charge in [0.25, 0.3) is 0 Å². The van der Waals surface area contributed by atoms with E-state index in [0.717, 1.165) is 6.08 Å². The van der Waals surface area contributed by atoms with Crippen LogP contribution >= 0.6 is 0 Å². The molecule has 2 N–H and O–H groups in total. The molecular weight excluding hydrogens is 156 g/mol. The van der Waals surface area contributed by atoms with Crippen LogP contribution < -0.4 is 0 Å². The SMILES string of the molecule is CC(C)C(C)(O)C/C=C/C(=O)O. The highest BCUT2D eigenvalue weighted by atomic mass is 16.4. The Kier molecular flexibility index (Phi) is 3.96. The highest BCUT2D eigenvalue weighted by molar-refractivity contribution is 5.79. The molecule has 0 heterocycles. The third kappa shape index (κ3) is 4.13. The number of aliphatic carboxylic acids is 1. The number of hydrogen-bond donors (Lipinski definition) is 2. The van der Waals surface area contributed by atoms with Crippen LogP contribution in [0.25, 0.3) is 0 Å². The lowest BCUT2D eigenvalue weighted by Gasteiger charge is -2.25. The van der Waals surface area contributed by atoms with Crippen molar-refractivity contribution >= 4 is 5.97 Å². The Morgan fingerprint density at radius 2 is 2.08 bits per heavy atom. The summed E-state index contributed by atoms with van der Waals surface area (Å²) in [6.07, 6.45) is 2.90. The fraction of sp³-hybridized carbons (Fsp3) is 0.667. The van der Waals surface area contributed by atoms with Gasteiger partial charge < -0.3 is 10.2 Å². The van der Waals surface area contributed by atoms with Crippen LogP contribution in [0.1, 0.15) is 27.2 Å². The molecule has 0 saturated heterocycles. The van der Waals surface area contributed by atoms with E-state index in [2.05, 4.69) is 0 Å². The van der Waals surface area contributed by atoms with Crippen molar-refractivity contribution in [2.45, 2.75) is 32.8 Å². The van der Waals surface area contributed by atoms with Crippen LogP contribution in [0.3, 0.4) is 0 Å². The molecule has 0 aliphatic heterocycles. The van der Waals surface area contributed by atoms with Gasteiger partial charge in [-0.1, -0.05) is 19.9 Å². The van der Waals surface area contributed by atoms with Crippen LogP contribution in [0.5, 0.6) is 0 Å². The molecule has 3 nitrogen and oxygen atoms in total. The van der Waals surface area contributed by atoms with Crippen molar-refractivity contribution in [3.63, 3.8) is 0 Å². The lowest BCUT2D eigenvalue weighted by molar-refractivity contribution is -0.131. The number of hydrogen-bond acceptors (Lipinski definition) is 2. The molecule has 0 aromatic rings. The van der Waals surface area contributed by atoms with E-state index >= 15 is 0 Å². The lowest BCUT2D eigenvalue weighted by Crippen LogP contribution is -2.30. The van der Waals surface area contributed by atoms with Crippen LogP contribution in [-0.2, 0) is 4.79 Å². The van der Waals surface area contributed by atoms with Gasteiger partial charge in [-0.15, -0.1) is 0 Å². The molecule has 1 unspecified atom stereocenters. The molecule has 1 atom stereocenters. The maximum Gasteiger partial charge on any atom is 0.327 e. The zero-order chi connectivity index (χ0) is 9.78. The van der Waals surface area contributed by atoms with Crippen LogP contribution in [0.2, 0.25) is 0 Å². The van der Waals surface area contributed by atoms with Crippen LogP contribution in [-0.4, -0.2) is 21.8 Å². The Morgan fingerprint density at radius 3 is 2.42 bits per heavy atom. The molecule has 70 valence electrons. The second-order valence-corrected chi connectivity index (χ2v) is 3.46. The lowest BCUT2D eigenvalue weighted by atomic mass is 9.89. The van der Waals surface area contributed by atoms with E-state index < -0.39 is 11.6 Å². The second-order valence-electron chi connectivity index (χ2n) is 3.46. The Morgan fingerprint density at radius 1 is 1.58 bits per heavy atom. The van der Waals surface area contributed by atoms with Gasteiger partial charge >= 0.3 is 5.97 Å². The van der Waals surface area contributed by atoms with Crippen molar-refractivity contribution < 1.29 is 15.0 Å². The molecule has 0 aromatic carbocycles. The molecule has 0 spiro atoms. The number of carboxylic acids is 1. The van der Waals surface area contributed by atoms with Gasteiger partial charge in [-0.05, 0) is 19.3 Å². The van der Waals surface area contributed by atoms with Crippen LogP contribution in [0.15, 0.2) is 12.2 Å². The summed E-state index contributed by atoms with van der Waals surface area (Å²) in [5.74, 6) is -0.856. The van der Waals surface area contributed by atoms with Crippen molar-refractivity contribution in [3.8, 4) is 0 Å². The minimum absolute atomic E-state index is 0.121. The first-order valence-corrected chi connectivity index (χ1v) is 3.98. The topological polar surface area (TPSA) is 57.5 Å². The largest absolute Gasteiger partial charge is 0.478 e. The zero-order valence-corrected chi connectivity index (χ0v) is 7.74. The summed E-state index contributed by atoms with van der Waals surface area (Å²) < 4.78 is 0. The third-order valence-corrected chi connectivity index (χ3v) is 2.04. The predicted octanol–water partition coefficient (Wildman–Crippen LogP) is 1.42. The molecule has 3 heteroatoms. The molecule has 0 fully saturated rings. The standard InChI is InChI=1S/C9H16O3/c1-7(2)9(3,12)6-4-5-8(10)11/h4-5,7,12H,6H2,1-3H3,(H,10,11)/b5-4+. The maximum atomic E-state index is 10.1. The summed E-state index contributed by atoms with van der Waals surface area (Å²) in [7, 11) is 0. The highest BCUT2D eigenvalue weighted by Gasteiger charge is 2.22. The van der Waals surface area contributed by atoms with E-state index in [9.17, 15) is 9.90 Å². The first-order chi connectivity index (χ1) is 5.36. The molecule has 0 aromatic heterocycles. The van der Waals surface area contributed by atoms with Crippen molar-refractivity contribution in [2.24, 2.45) is 5.92 Å². The fourth-order valence-corrected chi connectivity index (χ4v) is 0.634. The van der Waals surface area contributed by atoms with Crippen molar-refractivity contribution in [1.82, 2.24) is 0 Å². The van der Waals surface area contributed by atoms with Gasteiger partial charge in [0.1, 0.15) is 0 Å². The Balaban J connectivity index is 4.00. The van der Waals surface area contributed by atoms with E-state index in [4.69, 9.17) is 5.11 Å². The molecule has 0 amide bonds. The molecule has 0 aliphatic carbocycles. The van der Waals surface area contributed by atoms with Crippen molar-refractivity contribution in [3.05, 3.63) is 12.2 Å². The third-order valence-electron chi connectivity index (χ3n) is 2.04. The van der Waals surface area contributed by atoms with Gasteiger partial charge in [0.05, 0.1) is 5.60 Å². The average molecular weight is 172 g/mol. The first kappa shape index (κ1) is 11.2. The molecule has 0 aliphatic rings. The monoisotopic (exact) mass is 172 g/mol. The van der Waals surface area contributed by atoms with Crippen LogP contribution in [0.4, 0.5) is 0 Å². The smallest absolute Gasteiger partial charge is 0.327 e. The number of carbonyl (C=O) groups is 1. The van der Waals surface area contributed by atoms with Crippen molar-refractivity contribution in [1.29, 1.82) is 0 Å². The minimum Gasteiger partial charge on any atom is -0.478 e. The van der Waals surface area contributed by atoms with E-state index in [-0.39, 0.29) is 5.92 Å². The molecule has 0 rings (SSSR count). The van der Waals surface area contributed by atoms with Gasteiger partial charge in [-0.25, -0.2) is 4.79 Å². The van der Waals surface area contributed by atoms with Gasteiger partial charge in [0.2, 0.25) is 0 Å². The Bertz CT molecular complexity index is 180. The van der Waals surface area contributed by atoms with E-state index in [1.165, 1.54) is 6.08 Å². The summed E-state index contributed by atoms with van der Waals surface area (Å²) >= 11 is 0. The molecule has 0 radical (unpaired) electrons. The summed E-state index contributed by atoms with van der Waals surface area (Å²) in [6.45, 7) is 5.49. The number of aliphatic hydroxyl groups is 1. The summed E-state index contributed by atoms with van der Waals surface area (Å²) in [5.41, 5.74) is -0.814. The van der Waals surface area contributed by atoms with Crippen LogP contribution in [0, 0.1) is 5.92 Å². The molecular formula is C9H16O3. The Labute approximate surface area is 72.7 Å². The van der Waals surface area contributed by atoms with Gasteiger partial charge in [0.15, 0.2) is 0 Å². The number of carboxylic acid groups (broad SMARTS) is 1. The molecule has 12 heavy (non-hydrogen) atoms. The van der Waals surface area contributed by atoms with E-state index in [0.29, 0.717) is 6.42 Å². The second kappa shape index (κ2) is 4.26. The quantitative estimate of drug-likeness (QED) is 0.630. The predicted molar refractivity (Wildman–Crippen MR) is 46.9 cm³/mol. The maximum absolute atomic E-state index is 10.1. The first-order valence-electron chi connectivity index (χ1n) is 3.98. The zero-order valence-electron chi connectivity index (χ0n) is 7.74. The van der Waals surface area contributed by atoms with Crippen molar-refractivity contribution in [2.75, 3.05) is 0 Å². The fourth-order valence-electron chi connectivity index (χ4n) is 0.634. The average Bonchev–Trinajstić information content (AvgIpc) is 1.85. The normalized spacial score (nSPS) is 16.8. The van der Waals surface area contributed by atoms with Gasteiger partial charge in [-0.2, -0.15) is 0 Å². The van der Waals surface area contributed by atoms with Gasteiger partial charge in [-0.3, -0.25) is 0 Å². The molecule has 0 bridgehead atoms. The highest BCUT2D eigenvalue weighted by Crippen LogP contribution is 2.20. The summed E-state index contributed by atoms with van der Waals surface area (Å²) in [6, 6.07) is 0. The minimum atomic E-state index is -0.977. The Hall–Kier alpha value is -0.830. The number of rotatable bonds is 4. The summed E-state index contributed by atoms with van der Waals surface area (Å²) in [5, 5.41) is 17.9. The van der Waals surface area contributed by atoms with Gasteiger partial charge in [0, 0.05) is 6.08 Å². The van der Waals surface area contributed by atoms with E-state index in [1.54, 1.807) is 6.92 Å².